The second-order valence-corrected chi connectivity index (χ2v) is 6.01. The van der Waals surface area contributed by atoms with Crippen molar-refractivity contribution in [3.63, 3.8) is 0 Å². The van der Waals surface area contributed by atoms with Gasteiger partial charge in [0, 0.05) is 18.1 Å². The van der Waals surface area contributed by atoms with Crippen LogP contribution in [0.15, 0.2) is 70.6 Å². The molecule has 1 N–H and O–H groups in total. The summed E-state index contributed by atoms with van der Waals surface area (Å²) in [7, 11) is 0. The zero-order valence-corrected chi connectivity index (χ0v) is 14.5. The summed E-state index contributed by atoms with van der Waals surface area (Å²) in [6.07, 6.45) is 5.88. The number of rotatable bonds is 4. The zero-order chi connectivity index (χ0) is 19.5. The van der Waals surface area contributed by atoms with Gasteiger partial charge in [0.25, 0.3) is 11.5 Å². The standard InChI is InChI=1S/C20H13N5O3/c21-9-13-1-3-15(4-2-13)24-18(26)16-11-28-19-17(16)20(27)25(12-23-19)10-14-5-7-22-8-6-14/h1-8,11-12H,10H2,(H,24,26). The minimum Gasteiger partial charge on any atom is -0.445 e. The molecule has 0 radical (unpaired) electrons. The van der Waals surface area contributed by atoms with Crippen molar-refractivity contribution in [1.29, 1.82) is 5.26 Å². The van der Waals surface area contributed by atoms with E-state index in [2.05, 4.69) is 15.3 Å². The molecule has 0 aliphatic heterocycles. The van der Waals surface area contributed by atoms with Gasteiger partial charge in [-0.3, -0.25) is 19.1 Å². The van der Waals surface area contributed by atoms with Gasteiger partial charge in [0.1, 0.15) is 18.0 Å². The van der Waals surface area contributed by atoms with Gasteiger partial charge in [0.2, 0.25) is 5.71 Å². The summed E-state index contributed by atoms with van der Waals surface area (Å²) in [5.41, 5.74) is 1.68. The molecule has 1 amide bonds. The highest BCUT2D eigenvalue weighted by atomic mass is 16.3. The molecule has 0 aliphatic rings. The van der Waals surface area contributed by atoms with Crippen LogP contribution in [0.2, 0.25) is 0 Å². The molecule has 1 aromatic carbocycles. The Bertz CT molecular complexity index is 1250. The number of hydrogen-bond donors (Lipinski definition) is 1. The maximum absolute atomic E-state index is 12.9. The van der Waals surface area contributed by atoms with Gasteiger partial charge in [-0.2, -0.15) is 5.26 Å². The third-order valence-corrected chi connectivity index (χ3v) is 4.18. The molecule has 0 unspecified atom stereocenters. The lowest BCUT2D eigenvalue weighted by Crippen LogP contribution is -2.23. The van der Waals surface area contributed by atoms with E-state index in [-0.39, 0.29) is 22.2 Å². The van der Waals surface area contributed by atoms with E-state index in [1.165, 1.54) is 17.2 Å². The maximum Gasteiger partial charge on any atom is 0.265 e. The van der Waals surface area contributed by atoms with Gasteiger partial charge in [-0.05, 0) is 42.0 Å². The van der Waals surface area contributed by atoms with Crippen LogP contribution in [0, 0.1) is 11.3 Å². The van der Waals surface area contributed by atoms with E-state index in [1.54, 1.807) is 48.8 Å². The van der Waals surface area contributed by atoms with Crippen LogP contribution in [0.25, 0.3) is 11.1 Å². The summed E-state index contributed by atoms with van der Waals surface area (Å²) < 4.78 is 6.70. The predicted molar refractivity (Wildman–Crippen MR) is 101 cm³/mol. The Morgan fingerprint density at radius 1 is 1.18 bits per heavy atom. The molecule has 8 heteroatoms. The van der Waals surface area contributed by atoms with Crippen molar-refractivity contribution in [2.45, 2.75) is 6.54 Å². The number of fused-ring (bicyclic) bond motifs is 1. The highest BCUT2D eigenvalue weighted by Gasteiger charge is 2.19. The SMILES string of the molecule is N#Cc1ccc(NC(=O)c2coc3ncn(Cc4ccncc4)c(=O)c23)cc1. The van der Waals surface area contributed by atoms with Gasteiger partial charge in [0.05, 0.1) is 23.7 Å². The summed E-state index contributed by atoms with van der Waals surface area (Å²) in [4.78, 5) is 33.6. The molecule has 4 rings (SSSR count). The molecule has 0 saturated heterocycles. The summed E-state index contributed by atoms with van der Waals surface area (Å²) in [5, 5.41) is 11.6. The quantitative estimate of drug-likeness (QED) is 0.590. The fourth-order valence-corrected chi connectivity index (χ4v) is 2.76. The molecular weight excluding hydrogens is 358 g/mol. The van der Waals surface area contributed by atoms with E-state index in [0.29, 0.717) is 17.8 Å². The van der Waals surface area contributed by atoms with E-state index in [9.17, 15) is 9.59 Å². The smallest absolute Gasteiger partial charge is 0.265 e. The molecule has 4 aromatic rings. The number of carbonyl (C=O) groups is 1. The number of nitriles is 1. The molecule has 0 fully saturated rings. The van der Waals surface area contributed by atoms with E-state index in [4.69, 9.17) is 9.68 Å². The highest BCUT2D eigenvalue weighted by molar-refractivity contribution is 6.11. The fourth-order valence-electron chi connectivity index (χ4n) is 2.76. The molecule has 3 heterocycles. The van der Waals surface area contributed by atoms with Gasteiger partial charge in [-0.1, -0.05) is 0 Å². The van der Waals surface area contributed by atoms with E-state index in [0.717, 1.165) is 5.56 Å². The molecule has 0 bridgehead atoms. The molecule has 0 aliphatic carbocycles. The zero-order valence-electron chi connectivity index (χ0n) is 14.5. The van der Waals surface area contributed by atoms with Gasteiger partial charge in [-0.15, -0.1) is 0 Å². The van der Waals surface area contributed by atoms with Gasteiger partial charge >= 0.3 is 0 Å². The number of carbonyl (C=O) groups excluding carboxylic acids is 1. The normalized spacial score (nSPS) is 10.5. The number of aromatic nitrogens is 3. The van der Waals surface area contributed by atoms with Crippen LogP contribution in [-0.4, -0.2) is 20.4 Å². The molecule has 28 heavy (non-hydrogen) atoms. The predicted octanol–water partition coefficient (Wildman–Crippen LogP) is 2.56. The lowest BCUT2D eigenvalue weighted by molar-refractivity contribution is 0.102. The first-order chi connectivity index (χ1) is 13.7. The largest absolute Gasteiger partial charge is 0.445 e. The number of hydrogen-bond acceptors (Lipinski definition) is 6. The highest BCUT2D eigenvalue weighted by Crippen LogP contribution is 2.18. The number of nitrogens with one attached hydrogen (secondary N) is 1. The van der Waals surface area contributed by atoms with Gasteiger partial charge < -0.3 is 9.73 Å². The number of amides is 1. The number of pyridine rings is 1. The van der Waals surface area contributed by atoms with Crippen molar-refractivity contribution in [2.75, 3.05) is 5.32 Å². The summed E-state index contributed by atoms with van der Waals surface area (Å²) >= 11 is 0. The Kier molecular flexibility index (Phi) is 4.40. The van der Waals surface area contributed by atoms with Crippen LogP contribution < -0.4 is 10.9 Å². The number of benzene rings is 1. The molecule has 3 aromatic heterocycles. The van der Waals surface area contributed by atoms with Crippen LogP contribution in [0.4, 0.5) is 5.69 Å². The number of nitrogens with zero attached hydrogens (tertiary/aromatic N) is 4. The number of furan rings is 1. The van der Waals surface area contributed by atoms with Crippen molar-refractivity contribution in [1.82, 2.24) is 14.5 Å². The first-order valence-corrected chi connectivity index (χ1v) is 8.33. The minimum atomic E-state index is -0.496. The first-order valence-electron chi connectivity index (χ1n) is 8.33. The molecule has 8 nitrogen and oxygen atoms in total. The van der Waals surface area contributed by atoms with Gasteiger partial charge in [0.15, 0.2) is 0 Å². The van der Waals surface area contributed by atoms with Crippen LogP contribution in [0.3, 0.4) is 0 Å². The Morgan fingerprint density at radius 2 is 1.93 bits per heavy atom. The van der Waals surface area contributed by atoms with Crippen molar-refractivity contribution >= 4 is 22.7 Å². The van der Waals surface area contributed by atoms with E-state index in [1.807, 2.05) is 6.07 Å². The lowest BCUT2D eigenvalue weighted by atomic mass is 10.2. The Balaban J connectivity index is 1.67. The van der Waals surface area contributed by atoms with Crippen LogP contribution in [-0.2, 0) is 6.54 Å². The Labute approximate surface area is 158 Å². The van der Waals surface area contributed by atoms with Crippen molar-refractivity contribution in [3.8, 4) is 6.07 Å². The van der Waals surface area contributed by atoms with Crippen LogP contribution in [0.1, 0.15) is 21.5 Å². The summed E-state index contributed by atoms with van der Waals surface area (Å²) in [6.45, 7) is 0.298. The Morgan fingerprint density at radius 3 is 2.64 bits per heavy atom. The molecule has 0 saturated carbocycles. The number of anilines is 1. The van der Waals surface area contributed by atoms with Crippen molar-refractivity contribution in [3.05, 3.63) is 88.4 Å². The van der Waals surface area contributed by atoms with E-state index < -0.39 is 5.91 Å². The van der Waals surface area contributed by atoms with Crippen molar-refractivity contribution in [2.24, 2.45) is 0 Å². The lowest BCUT2D eigenvalue weighted by Gasteiger charge is -2.06. The summed E-state index contributed by atoms with van der Waals surface area (Å²) in [6, 6.07) is 12.0. The molecule has 0 atom stereocenters. The second kappa shape index (κ2) is 7.17. The Hall–Kier alpha value is -4.25. The maximum atomic E-state index is 12.9. The minimum absolute atomic E-state index is 0.0981. The molecular formula is C20H13N5O3. The average Bonchev–Trinajstić information content (AvgIpc) is 3.16. The summed E-state index contributed by atoms with van der Waals surface area (Å²) in [5.74, 6) is -0.496. The fraction of sp³-hybridized carbons (Fsp3) is 0.0500. The topological polar surface area (TPSA) is 114 Å². The second-order valence-electron chi connectivity index (χ2n) is 6.01. The van der Waals surface area contributed by atoms with E-state index >= 15 is 0 Å². The van der Waals surface area contributed by atoms with Crippen LogP contribution in [0.5, 0.6) is 0 Å². The third kappa shape index (κ3) is 3.24. The average molecular weight is 371 g/mol. The van der Waals surface area contributed by atoms with Crippen molar-refractivity contribution < 1.29 is 9.21 Å². The third-order valence-electron chi connectivity index (χ3n) is 4.18. The van der Waals surface area contributed by atoms with Gasteiger partial charge in [-0.25, -0.2) is 4.98 Å². The first kappa shape index (κ1) is 17.2. The monoisotopic (exact) mass is 371 g/mol. The molecule has 136 valence electrons. The van der Waals surface area contributed by atoms with Crippen LogP contribution >= 0.6 is 0 Å². The molecule has 0 spiro atoms.